The van der Waals surface area contributed by atoms with Crippen LogP contribution < -0.4 is 5.32 Å². The van der Waals surface area contributed by atoms with Gasteiger partial charge in [0.1, 0.15) is 0 Å². The standard InChI is InChI=1S/C12H21N5/c1-4-17-7-5-11(6-8-17)14-12-13-9(2)10(3)15-16-12/h11H,4-8H2,1-3H3,(H,13,14,16). The first-order valence-electron chi connectivity index (χ1n) is 6.36. The van der Waals surface area contributed by atoms with Gasteiger partial charge < -0.3 is 10.2 Å². The Morgan fingerprint density at radius 2 is 1.88 bits per heavy atom. The average Bonchev–Trinajstić information content (AvgIpc) is 2.35. The molecule has 1 fully saturated rings. The van der Waals surface area contributed by atoms with Crippen LogP contribution >= 0.6 is 0 Å². The van der Waals surface area contributed by atoms with E-state index < -0.39 is 0 Å². The SMILES string of the molecule is CCN1CCC(Nc2nnc(C)c(C)n2)CC1. The fraction of sp³-hybridized carbons (Fsp3) is 0.750. The molecule has 2 rings (SSSR count). The summed E-state index contributed by atoms with van der Waals surface area (Å²) in [6.07, 6.45) is 2.31. The zero-order valence-electron chi connectivity index (χ0n) is 10.9. The highest BCUT2D eigenvalue weighted by Gasteiger charge is 2.18. The lowest BCUT2D eigenvalue weighted by atomic mass is 10.1. The monoisotopic (exact) mass is 235 g/mol. The Morgan fingerprint density at radius 1 is 1.18 bits per heavy atom. The number of aryl methyl sites for hydroxylation is 2. The van der Waals surface area contributed by atoms with Crippen LogP contribution in [0.5, 0.6) is 0 Å². The van der Waals surface area contributed by atoms with Gasteiger partial charge in [-0.1, -0.05) is 6.92 Å². The third kappa shape index (κ3) is 3.12. The molecule has 0 unspecified atom stereocenters. The summed E-state index contributed by atoms with van der Waals surface area (Å²) in [5.74, 6) is 0.669. The van der Waals surface area contributed by atoms with Gasteiger partial charge in [-0.3, -0.25) is 0 Å². The van der Waals surface area contributed by atoms with Crippen LogP contribution in [-0.2, 0) is 0 Å². The highest BCUT2D eigenvalue weighted by molar-refractivity contribution is 5.26. The Morgan fingerprint density at radius 3 is 2.47 bits per heavy atom. The largest absolute Gasteiger partial charge is 0.350 e. The number of rotatable bonds is 3. The predicted molar refractivity (Wildman–Crippen MR) is 68.1 cm³/mol. The molecule has 17 heavy (non-hydrogen) atoms. The molecule has 1 aromatic heterocycles. The van der Waals surface area contributed by atoms with Gasteiger partial charge in [-0.2, -0.15) is 5.10 Å². The van der Waals surface area contributed by atoms with E-state index in [0.717, 1.165) is 43.9 Å². The lowest BCUT2D eigenvalue weighted by Crippen LogP contribution is -2.39. The molecule has 1 aliphatic rings. The van der Waals surface area contributed by atoms with Crippen molar-refractivity contribution in [1.29, 1.82) is 0 Å². The molecule has 0 spiro atoms. The van der Waals surface area contributed by atoms with Crippen LogP contribution in [0.25, 0.3) is 0 Å². The van der Waals surface area contributed by atoms with E-state index in [0.29, 0.717) is 12.0 Å². The normalized spacial score (nSPS) is 18.3. The minimum atomic E-state index is 0.488. The van der Waals surface area contributed by atoms with Gasteiger partial charge in [-0.05, 0) is 33.2 Å². The number of likely N-dealkylation sites (tertiary alicyclic amines) is 1. The number of anilines is 1. The second-order valence-corrected chi connectivity index (χ2v) is 4.66. The van der Waals surface area contributed by atoms with E-state index in [9.17, 15) is 0 Å². The minimum Gasteiger partial charge on any atom is -0.350 e. The summed E-state index contributed by atoms with van der Waals surface area (Å²) in [5.41, 5.74) is 1.85. The van der Waals surface area contributed by atoms with E-state index in [2.05, 4.69) is 32.3 Å². The molecule has 0 aliphatic carbocycles. The van der Waals surface area contributed by atoms with E-state index in [-0.39, 0.29) is 0 Å². The Kier molecular flexibility index (Phi) is 3.89. The van der Waals surface area contributed by atoms with Crippen molar-refractivity contribution in [2.75, 3.05) is 25.0 Å². The van der Waals surface area contributed by atoms with Gasteiger partial charge >= 0.3 is 0 Å². The van der Waals surface area contributed by atoms with Crippen molar-refractivity contribution in [2.45, 2.75) is 39.7 Å². The summed E-state index contributed by atoms with van der Waals surface area (Å²) >= 11 is 0. The summed E-state index contributed by atoms with van der Waals surface area (Å²) in [4.78, 5) is 6.88. The molecular weight excluding hydrogens is 214 g/mol. The first-order valence-corrected chi connectivity index (χ1v) is 6.36. The summed E-state index contributed by atoms with van der Waals surface area (Å²) in [7, 11) is 0. The van der Waals surface area contributed by atoms with Crippen LogP contribution in [0.2, 0.25) is 0 Å². The molecule has 1 aromatic rings. The maximum absolute atomic E-state index is 4.41. The van der Waals surface area contributed by atoms with Gasteiger partial charge in [-0.15, -0.1) is 5.10 Å². The van der Waals surface area contributed by atoms with Crippen LogP contribution in [0, 0.1) is 13.8 Å². The van der Waals surface area contributed by atoms with Crippen LogP contribution in [0.1, 0.15) is 31.2 Å². The van der Waals surface area contributed by atoms with Crippen LogP contribution in [0.15, 0.2) is 0 Å². The van der Waals surface area contributed by atoms with Crippen LogP contribution in [0.3, 0.4) is 0 Å². The zero-order chi connectivity index (χ0) is 12.3. The van der Waals surface area contributed by atoms with Crippen LogP contribution in [0.4, 0.5) is 5.95 Å². The quantitative estimate of drug-likeness (QED) is 0.858. The second-order valence-electron chi connectivity index (χ2n) is 4.66. The lowest BCUT2D eigenvalue weighted by Gasteiger charge is -2.31. The molecule has 0 atom stereocenters. The molecule has 1 saturated heterocycles. The molecule has 5 heteroatoms. The third-order valence-corrected chi connectivity index (χ3v) is 3.46. The molecule has 0 saturated carbocycles. The van der Waals surface area contributed by atoms with Gasteiger partial charge in [0.15, 0.2) is 0 Å². The van der Waals surface area contributed by atoms with Crippen molar-refractivity contribution in [2.24, 2.45) is 0 Å². The number of nitrogens with zero attached hydrogens (tertiary/aromatic N) is 4. The molecule has 5 nitrogen and oxygen atoms in total. The van der Waals surface area contributed by atoms with Crippen molar-refractivity contribution < 1.29 is 0 Å². The van der Waals surface area contributed by atoms with Crippen molar-refractivity contribution in [3.05, 3.63) is 11.4 Å². The van der Waals surface area contributed by atoms with Crippen molar-refractivity contribution in [3.8, 4) is 0 Å². The van der Waals surface area contributed by atoms with Crippen molar-refractivity contribution >= 4 is 5.95 Å². The van der Waals surface area contributed by atoms with Crippen LogP contribution in [-0.4, -0.2) is 45.8 Å². The minimum absolute atomic E-state index is 0.488. The Hall–Kier alpha value is -1.23. The Bertz CT molecular complexity index is 371. The smallest absolute Gasteiger partial charge is 0.243 e. The summed E-state index contributed by atoms with van der Waals surface area (Å²) in [6.45, 7) is 9.57. The van der Waals surface area contributed by atoms with Crippen molar-refractivity contribution in [3.63, 3.8) is 0 Å². The van der Waals surface area contributed by atoms with E-state index in [1.165, 1.54) is 0 Å². The molecule has 94 valence electrons. The van der Waals surface area contributed by atoms with E-state index in [4.69, 9.17) is 0 Å². The highest BCUT2D eigenvalue weighted by Crippen LogP contribution is 2.13. The van der Waals surface area contributed by atoms with E-state index in [1.54, 1.807) is 0 Å². The fourth-order valence-electron chi connectivity index (χ4n) is 2.09. The summed E-state index contributed by atoms with van der Waals surface area (Å²) < 4.78 is 0. The van der Waals surface area contributed by atoms with Gasteiger partial charge in [0, 0.05) is 19.1 Å². The van der Waals surface area contributed by atoms with Gasteiger partial charge in [0.2, 0.25) is 5.95 Å². The molecule has 1 aliphatic heterocycles. The zero-order valence-corrected chi connectivity index (χ0v) is 10.9. The fourth-order valence-corrected chi connectivity index (χ4v) is 2.09. The molecular formula is C12H21N5. The number of hydrogen-bond donors (Lipinski definition) is 1. The average molecular weight is 235 g/mol. The number of hydrogen-bond acceptors (Lipinski definition) is 5. The van der Waals surface area contributed by atoms with Gasteiger partial charge in [0.25, 0.3) is 0 Å². The maximum Gasteiger partial charge on any atom is 0.243 e. The molecule has 1 N–H and O–H groups in total. The second kappa shape index (κ2) is 5.40. The molecule has 2 heterocycles. The summed E-state index contributed by atoms with van der Waals surface area (Å²) in [6, 6.07) is 0.488. The number of aromatic nitrogens is 3. The summed E-state index contributed by atoms with van der Waals surface area (Å²) in [5, 5.41) is 11.6. The molecule has 0 radical (unpaired) electrons. The maximum atomic E-state index is 4.41. The van der Waals surface area contributed by atoms with E-state index in [1.807, 2.05) is 13.8 Å². The molecule has 0 aromatic carbocycles. The third-order valence-electron chi connectivity index (χ3n) is 3.46. The first-order chi connectivity index (χ1) is 8.19. The highest BCUT2D eigenvalue weighted by atomic mass is 15.3. The van der Waals surface area contributed by atoms with E-state index >= 15 is 0 Å². The van der Waals surface area contributed by atoms with Gasteiger partial charge in [-0.25, -0.2) is 4.98 Å². The van der Waals surface area contributed by atoms with Gasteiger partial charge in [0.05, 0.1) is 11.4 Å². The first kappa shape index (κ1) is 12.2. The lowest BCUT2D eigenvalue weighted by molar-refractivity contribution is 0.229. The number of nitrogens with one attached hydrogen (secondary N) is 1. The van der Waals surface area contributed by atoms with Crippen molar-refractivity contribution in [1.82, 2.24) is 20.1 Å². The Labute approximate surface area is 103 Å². The Balaban J connectivity index is 1.91. The molecule has 0 bridgehead atoms. The number of piperidine rings is 1. The predicted octanol–water partition coefficient (Wildman–Crippen LogP) is 1.38. The topological polar surface area (TPSA) is 53.9 Å². The molecule has 0 amide bonds.